The molecule has 1 aliphatic heterocycles. The standard InChI is InChI=1S/C32H28N2O4/c1-19-14-20(2)16-23(15-19)18-38-29-13-12-24-9-5-6-10-25(24)26(29)17-27-30(35)33-32(37)34(31(27)36)28-11-7-8-21(3)22(28)4/h5-17H,18H2,1-4H3,(H,33,35,37)/b27-17+. The number of carbonyl (C=O) groups is 3. The third kappa shape index (κ3) is 4.68. The molecule has 1 N–H and O–H groups in total. The van der Waals surface area contributed by atoms with Crippen LogP contribution in [0, 0.1) is 27.7 Å². The Hall–Kier alpha value is -4.71. The lowest BCUT2D eigenvalue weighted by molar-refractivity contribution is -0.122. The van der Waals surface area contributed by atoms with E-state index in [1.807, 2.05) is 70.2 Å². The molecule has 0 aromatic heterocycles. The molecule has 0 unspecified atom stereocenters. The van der Waals surface area contributed by atoms with Gasteiger partial charge in [0.1, 0.15) is 17.9 Å². The summed E-state index contributed by atoms with van der Waals surface area (Å²) in [5.41, 5.74) is 5.92. The monoisotopic (exact) mass is 504 g/mol. The normalized spacial score (nSPS) is 14.8. The molecule has 6 heteroatoms. The Bertz CT molecular complexity index is 1630. The number of nitrogens with zero attached hydrogens (tertiary/aromatic N) is 1. The second-order valence-corrected chi connectivity index (χ2v) is 9.66. The molecule has 1 saturated heterocycles. The zero-order valence-corrected chi connectivity index (χ0v) is 21.8. The summed E-state index contributed by atoms with van der Waals surface area (Å²) in [5, 5.41) is 4.09. The van der Waals surface area contributed by atoms with Gasteiger partial charge in [-0.1, -0.05) is 71.8 Å². The first-order chi connectivity index (χ1) is 18.2. The van der Waals surface area contributed by atoms with Crippen LogP contribution >= 0.6 is 0 Å². The van der Waals surface area contributed by atoms with Gasteiger partial charge in [0.25, 0.3) is 11.8 Å². The van der Waals surface area contributed by atoms with Crippen LogP contribution in [0.3, 0.4) is 0 Å². The third-order valence-corrected chi connectivity index (χ3v) is 6.81. The number of fused-ring (bicyclic) bond motifs is 1. The largest absolute Gasteiger partial charge is 0.488 e. The van der Waals surface area contributed by atoms with Crippen molar-refractivity contribution in [1.82, 2.24) is 5.32 Å². The number of imide groups is 2. The molecule has 1 fully saturated rings. The highest BCUT2D eigenvalue weighted by molar-refractivity contribution is 6.39. The topological polar surface area (TPSA) is 75.7 Å². The van der Waals surface area contributed by atoms with E-state index in [9.17, 15) is 14.4 Å². The van der Waals surface area contributed by atoms with Gasteiger partial charge in [0.2, 0.25) is 0 Å². The zero-order chi connectivity index (χ0) is 27.0. The van der Waals surface area contributed by atoms with Crippen molar-refractivity contribution in [3.63, 3.8) is 0 Å². The molecule has 0 bridgehead atoms. The Kier molecular flexibility index (Phi) is 6.55. The molecular weight excluding hydrogens is 476 g/mol. The Labute approximate surface area is 221 Å². The fraction of sp³-hybridized carbons (Fsp3) is 0.156. The minimum absolute atomic E-state index is 0.141. The molecular formula is C32H28N2O4. The van der Waals surface area contributed by atoms with Gasteiger partial charge in [-0.25, -0.2) is 9.69 Å². The first kappa shape index (κ1) is 25.0. The van der Waals surface area contributed by atoms with Crippen molar-refractivity contribution >= 4 is 40.4 Å². The van der Waals surface area contributed by atoms with Crippen molar-refractivity contribution in [3.8, 4) is 5.75 Å². The first-order valence-corrected chi connectivity index (χ1v) is 12.4. The summed E-state index contributed by atoms with van der Waals surface area (Å²) in [7, 11) is 0. The summed E-state index contributed by atoms with van der Waals surface area (Å²) in [6.07, 6.45) is 1.53. The Morgan fingerprint density at radius 3 is 2.34 bits per heavy atom. The van der Waals surface area contributed by atoms with Gasteiger partial charge in [0.15, 0.2) is 0 Å². The van der Waals surface area contributed by atoms with E-state index >= 15 is 0 Å². The quantitative estimate of drug-likeness (QED) is 0.255. The van der Waals surface area contributed by atoms with Crippen LogP contribution in [0.2, 0.25) is 0 Å². The highest BCUT2D eigenvalue weighted by atomic mass is 16.5. The Balaban J connectivity index is 1.60. The predicted molar refractivity (Wildman–Crippen MR) is 149 cm³/mol. The molecule has 1 heterocycles. The van der Waals surface area contributed by atoms with Crippen LogP contribution in [-0.4, -0.2) is 17.8 Å². The average molecular weight is 505 g/mol. The van der Waals surface area contributed by atoms with Crippen LogP contribution in [0.4, 0.5) is 10.5 Å². The predicted octanol–water partition coefficient (Wildman–Crippen LogP) is 6.32. The molecule has 38 heavy (non-hydrogen) atoms. The molecule has 0 saturated carbocycles. The van der Waals surface area contributed by atoms with Crippen LogP contribution in [0.15, 0.2) is 78.4 Å². The molecule has 190 valence electrons. The van der Waals surface area contributed by atoms with Crippen LogP contribution < -0.4 is 15.0 Å². The van der Waals surface area contributed by atoms with Gasteiger partial charge >= 0.3 is 6.03 Å². The number of urea groups is 1. The number of rotatable bonds is 5. The van der Waals surface area contributed by atoms with Gasteiger partial charge in [0.05, 0.1) is 5.69 Å². The van der Waals surface area contributed by atoms with Gasteiger partial charge in [0, 0.05) is 5.56 Å². The van der Waals surface area contributed by atoms with E-state index < -0.39 is 17.8 Å². The number of nitrogens with one attached hydrogen (secondary N) is 1. The fourth-order valence-corrected chi connectivity index (χ4v) is 4.86. The lowest BCUT2D eigenvalue weighted by Gasteiger charge is -2.28. The van der Waals surface area contributed by atoms with E-state index in [0.29, 0.717) is 23.6 Å². The SMILES string of the molecule is Cc1cc(C)cc(COc2ccc3ccccc3c2/C=C2\C(=O)NC(=O)N(c3cccc(C)c3C)C2=O)c1. The molecule has 0 radical (unpaired) electrons. The molecule has 0 spiro atoms. The highest BCUT2D eigenvalue weighted by Crippen LogP contribution is 2.33. The van der Waals surface area contributed by atoms with E-state index in [1.165, 1.54) is 6.08 Å². The average Bonchev–Trinajstić information content (AvgIpc) is 2.87. The molecule has 0 atom stereocenters. The number of ether oxygens (including phenoxy) is 1. The van der Waals surface area contributed by atoms with Crippen LogP contribution in [0.25, 0.3) is 16.8 Å². The molecule has 4 aromatic rings. The van der Waals surface area contributed by atoms with E-state index in [4.69, 9.17) is 4.74 Å². The molecule has 4 amide bonds. The number of carbonyl (C=O) groups excluding carboxylic acids is 3. The minimum Gasteiger partial charge on any atom is -0.488 e. The zero-order valence-electron chi connectivity index (χ0n) is 21.8. The van der Waals surface area contributed by atoms with Gasteiger partial charge < -0.3 is 4.74 Å². The van der Waals surface area contributed by atoms with Gasteiger partial charge in [-0.15, -0.1) is 0 Å². The third-order valence-electron chi connectivity index (χ3n) is 6.81. The maximum Gasteiger partial charge on any atom is 0.335 e. The van der Waals surface area contributed by atoms with Crippen molar-refractivity contribution in [1.29, 1.82) is 0 Å². The summed E-state index contributed by atoms with van der Waals surface area (Å²) >= 11 is 0. The van der Waals surface area contributed by atoms with E-state index in [-0.39, 0.29) is 5.57 Å². The minimum atomic E-state index is -0.768. The fourth-order valence-electron chi connectivity index (χ4n) is 4.86. The molecule has 4 aromatic carbocycles. The van der Waals surface area contributed by atoms with Crippen molar-refractivity contribution in [2.24, 2.45) is 0 Å². The number of amides is 4. The summed E-state index contributed by atoms with van der Waals surface area (Å²) in [4.78, 5) is 40.4. The Morgan fingerprint density at radius 2 is 1.58 bits per heavy atom. The van der Waals surface area contributed by atoms with Gasteiger partial charge in [-0.3, -0.25) is 14.9 Å². The summed E-state index contributed by atoms with van der Waals surface area (Å²) < 4.78 is 6.25. The van der Waals surface area contributed by atoms with E-state index in [0.717, 1.165) is 43.5 Å². The number of hydrogen-bond acceptors (Lipinski definition) is 4. The van der Waals surface area contributed by atoms with E-state index in [2.05, 4.69) is 23.5 Å². The number of anilines is 1. The second kappa shape index (κ2) is 9.98. The molecule has 0 aliphatic carbocycles. The molecule has 5 rings (SSSR count). The van der Waals surface area contributed by atoms with Crippen LogP contribution in [0.1, 0.15) is 33.4 Å². The van der Waals surface area contributed by atoms with Crippen molar-refractivity contribution in [2.45, 2.75) is 34.3 Å². The number of barbiturate groups is 1. The van der Waals surface area contributed by atoms with Crippen molar-refractivity contribution < 1.29 is 19.1 Å². The summed E-state index contributed by atoms with van der Waals surface area (Å²) in [6.45, 7) is 8.15. The summed E-state index contributed by atoms with van der Waals surface area (Å²) in [6, 6.07) is 22.3. The maximum atomic E-state index is 13.7. The first-order valence-electron chi connectivity index (χ1n) is 12.4. The van der Waals surface area contributed by atoms with Crippen molar-refractivity contribution in [2.75, 3.05) is 4.90 Å². The maximum absolute atomic E-state index is 13.7. The lowest BCUT2D eigenvalue weighted by Crippen LogP contribution is -2.54. The molecule has 6 nitrogen and oxygen atoms in total. The number of benzene rings is 4. The van der Waals surface area contributed by atoms with Gasteiger partial charge in [-0.2, -0.15) is 0 Å². The summed E-state index contributed by atoms with van der Waals surface area (Å²) in [5.74, 6) is -0.887. The number of hydrogen-bond donors (Lipinski definition) is 1. The smallest absolute Gasteiger partial charge is 0.335 e. The molecule has 1 aliphatic rings. The highest BCUT2D eigenvalue weighted by Gasteiger charge is 2.37. The van der Waals surface area contributed by atoms with E-state index in [1.54, 1.807) is 12.1 Å². The van der Waals surface area contributed by atoms with Crippen LogP contribution in [-0.2, 0) is 16.2 Å². The Morgan fingerprint density at radius 1 is 0.842 bits per heavy atom. The van der Waals surface area contributed by atoms with Crippen LogP contribution in [0.5, 0.6) is 5.75 Å². The lowest BCUT2D eigenvalue weighted by atomic mass is 9.99. The second-order valence-electron chi connectivity index (χ2n) is 9.66. The van der Waals surface area contributed by atoms with Gasteiger partial charge in [-0.05, 0) is 73.4 Å². The van der Waals surface area contributed by atoms with Crippen molar-refractivity contribution in [3.05, 3.63) is 112 Å². The number of aryl methyl sites for hydroxylation is 3.